The van der Waals surface area contributed by atoms with E-state index in [9.17, 15) is 32.3 Å². The zero-order valence-electron chi connectivity index (χ0n) is 20.3. The van der Waals surface area contributed by atoms with Gasteiger partial charge in [0.25, 0.3) is 5.56 Å². The summed E-state index contributed by atoms with van der Waals surface area (Å²) in [6.45, 7) is 2.36. The van der Waals surface area contributed by atoms with Gasteiger partial charge >= 0.3 is 24.1 Å². The van der Waals surface area contributed by atoms with Crippen LogP contribution in [0.4, 0.5) is 13.2 Å². The second-order valence-electron chi connectivity index (χ2n) is 8.84. The van der Waals surface area contributed by atoms with Crippen LogP contribution in [-0.2, 0) is 38.6 Å². The van der Waals surface area contributed by atoms with E-state index in [1.54, 1.807) is 0 Å². The van der Waals surface area contributed by atoms with Crippen LogP contribution in [0.5, 0.6) is 0 Å². The summed E-state index contributed by atoms with van der Waals surface area (Å²) in [6, 6.07) is 6.76. The standard InChI is InChI=1S/C25H25Cl2F3N2O6/c1-14(33)37-21-4-2-3-17(21)12-31-13-20-18(26)11-19(27)22(34)32(20)10-9-15-5-7-16(8-6-15)23(35)38-24(36)25(28,29)30/h5-8,11,17,21,31H,2-4,9-10,12-13H2,1H3/t17-,21-/m1/s1. The lowest BCUT2D eigenvalue weighted by atomic mass is 10.1. The Morgan fingerprint density at radius 3 is 2.42 bits per heavy atom. The molecule has 1 saturated carbocycles. The SMILES string of the molecule is CC(=O)O[C@@H]1CCC[C@@H]1CNCc1c(Cl)cc(Cl)c(=O)n1CCc1ccc(C(=O)OC(=O)C(F)(F)F)cc1. The fourth-order valence-corrected chi connectivity index (χ4v) is 4.83. The number of aromatic nitrogens is 1. The summed E-state index contributed by atoms with van der Waals surface area (Å²) in [7, 11) is 0. The number of aryl methyl sites for hydroxylation is 1. The lowest BCUT2D eigenvalue weighted by Gasteiger charge is -2.21. The number of carbonyl (C=O) groups excluding carboxylic acids is 3. The van der Waals surface area contributed by atoms with Gasteiger partial charge in [-0.1, -0.05) is 35.3 Å². The van der Waals surface area contributed by atoms with Crippen LogP contribution in [0.25, 0.3) is 0 Å². The fourth-order valence-electron chi connectivity index (χ4n) is 4.28. The molecule has 1 heterocycles. The number of nitrogens with zero attached hydrogens (tertiary/aromatic N) is 1. The molecule has 2 aromatic rings. The highest BCUT2D eigenvalue weighted by Gasteiger charge is 2.42. The molecule has 1 aliphatic carbocycles. The molecule has 38 heavy (non-hydrogen) atoms. The number of ether oxygens (including phenoxy) is 2. The van der Waals surface area contributed by atoms with Crippen LogP contribution in [0, 0.1) is 5.92 Å². The first-order chi connectivity index (χ1) is 17.9. The van der Waals surface area contributed by atoms with Gasteiger partial charge in [0.2, 0.25) is 0 Å². The third-order valence-corrected chi connectivity index (χ3v) is 6.74. The summed E-state index contributed by atoms with van der Waals surface area (Å²) in [5, 5.41) is 3.51. The van der Waals surface area contributed by atoms with Crippen molar-refractivity contribution in [2.24, 2.45) is 5.92 Å². The minimum atomic E-state index is -5.28. The highest BCUT2D eigenvalue weighted by Crippen LogP contribution is 2.28. The van der Waals surface area contributed by atoms with Gasteiger partial charge in [0.1, 0.15) is 11.1 Å². The lowest BCUT2D eigenvalue weighted by molar-refractivity contribution is -0.193. The predicted octanol–water partition coefficient (Wildman–Crippen LogP) is 4.46. The van der Waals surface area contributed by atoms with Crippen molar-refractivity contribution in [2.45, 2.75) is 58.0 Å². The number of rotatable bonds is 9. The number of carbonyl (C=O) groups is 3. The molecule has 206 valence electrons. The van der Waals surface area contributed by atoms with Crippen molar-refractivity contribution < 1.29 is 37.0 Å². The van der Waals surface area contributed by atoms with Gasteiger partial charge in [0, 0.05) is 32.5 Å². The molecule has 0 amide bonds. The van der Waals surface area contributed by atoms with Crippen LogP contribution in [0.15, 0.2) is 35.1 Å². The highest BCUT2D eigenvalue weighted by molar-refractivity contribution is 6.34. The van der Waals surface area contributed by atoms with Crippen LogP contribution < -0.4 is 10.9 Å². The number of hydrogen-bond acceptors (Lipinski definition) is 7. The van der Waals surface area contributed by atoms with Gasteiger partial charge in [-0.2, -0.15) is 13.2 Å². The Balaban J connectivity index is 1.66. The molecule has 1 aromatic carbocycles. The van der Waals surface area contributed by atoms with E-state index in [0.29, 0.717) is 24.2 Å². The van der Waals surface area contributed by atoms with Crippen LogP contribution >= 0.6 is 23.2 Å². The fraction of sp³-hybridized carbons (Fsp3) is 0.440. The third-order valence-electron chi connectivity index (χ3n) is 6.14. The molecule has 0 spiro atoms. The molecule has 8 nitrogen and oxygen atoms in total. The molecule has 13 heteroatoms. The van der Waals surface area contributed by atoms with Gasteiger partial charge in [-0.25, -0.2) is 9.59 Å². The Bertz CT molecular complexity index is 1250. The molecule has 3 rings (SSSR count). The Morgan fingerprint density at radius 2 is 1.79 bits per heavy atom. The molecule has 1 fully saturated rings. The monoisotopic (exact) mass is 576 g/mol. The minimum absolute atomic E-state index is 0.0584. The number of hydrogen-bond donors (Lipinski definition) is 1. The van der Waals surface area contributed by atoms with Crippen LogP contribution in [-0.4, -0.2) is 41.3 Å². The van der Waals surface area contributed by atoms with Crippen LogP contribution in [0.2, 0.25) is 10.0 Å². The number of halogens is 5. The van der Waals surface area contributed by atoms with E-state index in [0.717, 1.165) is 19.3 Å². The number of esters is 3. The van der Waals surface area contributed by atoms with Gasteiger partial charge < -0.3 is 19.4 Å². The predicted molar refractivity (Wildman–Crippen MR) is 132 cm³/mol. The molecule has 1 N–H and O–H groups in total. The molecule has 0 radical (unpaired) electrons. The lowest BCUT2D eigenvalue weighted by Crippen LogP contribution is -2.33. The smallest absolute Gasteiger partial charge is 0.462 e. The van der Waals surface area contributed by atoms with Crippen LogP contribution in [0.1, 0.15) is 47.8 Å². The molecular formula is C25H25Cl2F3N2O6. The summed E-state index contributed by atoms with van der Waals surface area (Å²) >= 11 is 12.5. The van der Waals surface area contributed by atoms with E-state index in [1.807, 2.05) is 0 Å². The van der Waals surface area contributed by atoms with Crippen molar-refractivity contribution in [3.8, 4) is 0 Å². The van der Waals surface area contributed by atoms with Crippen molar-refractivity contribution in [3.63, 3.8) is 0 Å². The summed E-state index contributed by atoms with van der Waals surface area (Å²) < 4.78 is 47.5. The number of alkyl halides is 3. The second-order valence-corrected chi connectivity index (χ2v) is 9.65. The first-order valence-corrected chi connectivity index (χ1v) is 12.5. The molecule has 0 unspecified atom stereocenters. The van der Waals surface area contributed by atoms with Crippen molar-refractivity contribution in [1.29, 1.82) is 0 Å². The molecule has 1 aromatic heterocycles. The zero-order valence-corrected chi connectivity index (χ0v) is 21.8. The van der Waals surface area contributed by atoms with Crippen LogP contribution in [0.3, 0.4) is 0 Å². The number of pyridine rings is 1. The Labute approximate surface area is 226 Å². The average Bonchev–Trinajstić information content (AvgIpc) is 3.27. The topological polar surface area (TPSA) is 104 Å². The van der Waals surface area contributed by atoms with E-state index in [-0.39, 0.29) is 46.7 Å². The Hall–Kier alpha value is -2.89. The van der Waals surface area contributed by atoms with Gasteiger partial charge in [0.05, 0.1) is 16.3 Å². The summed E-state index contributed by atoms with van der Waals surface area (Å²) in [5.41, 5.74) is 0.477. The quantitative estimate of drug-likeness (QED) is 0.347. The molecule has 0 saturated heterocycles. The number of nitrogens with one attached hydrogen (secondary N) is 1. The first-order valence-electron chi connectivity index (χ1n) is 11.7. The van der Waals surface area contributed by atoms with Gasteiger partial charge in [0.15, 0.2) is 0 Å². The number of benzene rings is 1. The van der Waals surface area contributed by atoms with E-state index < -0.39 is 23.7 Å². The van der Waals surface area contributed by atoms with Gasteiger partial charge in [-0.05, 0) is 49.4 Å². The largest absolute Gasteiger partial charge is 0.491 e. The normalized spacial score (nSPS) is 17.3. The van der Waals surface area contributed by atoms with Crippen molar-refractivity contribution in [2.75, 3.05) is 6.54 Å². The summed E-state index contributed by atoms with van der Waals surface area (Å²) in [4.78, 5) is 46.7. The summed E-state index contributed by atoms with van der Waals surface area (Å²) in [5.74, 6) is -4.21. The first kappa shape index (κ1) is 29.7. The zero-order chi connectivity index (χ0) is 28.0. The van der Waals surface area contributed by atoms with E-state index in [2.05, 4.69) is 10.1 Å². The minimum Gasteiger partial charge on any atom is -0.462 e. The van der Waals surface area contributed by atoms with E-state index >= 15 is 0 Å². The van der Waals surface area contributed by atoms with Crippen molar-refractivity contribution >= 4 is 41.1 Å². The second kappa shape index (κ2) is 12.8. The summed E-state index contributed by atoms with van der Waals surface area (Å²) in [6.07, 6.45) is -2.49. The average molecular weight is 577 g/mol. The van der Waals surface area contributed by atoms with Gasteiger partial charge in [-0.3, -0.25) is 9.59 Å². The maximum absolute atomic E-state index is 12.8. The highest BCUT2D eigenvalue weighted by atomic mass is 35.5. The van der Waals surface area contributed by atoms with Crippen molar-refractivity contribution in [3.05, 3.63) is 67.6 Å². The Morgan fingerprint density at radius 1 is 1.11 bits per heavy atom. The molecule has 1 aliphatic rings. The van der Waals surface area contributed by atoms with E-state index in [1.165, 1.54) is 41.8 Å². The molecule has 2 atom stereocenters. The van der Waals surface area contributed by atoms with Gasteiger partial charge in [-0.15, -0.1) is 0 Å². The maximum Gasteiger partial charge on any atom is 0.491 e. The van der Waals surface area contributed by atoms with E-state index in [4.69, 9.17) is 27.9 Å². The van der Waals surface area contributed by atoms with Crippen molar-refractivity contribution in [1.82, 2.24) is 9.88 Å². The molecule has 0 aliphatic heterocycles. The maximum atomic E-state index is 12.8. The molecule has 0 bridgehead atoms. The third kappa shape index (κ3) is 7.81. The Kier molecular flexibility index (Phi) is 9.97. The molecular weight excluding hydrogens is 552 g/mol.